The first-order valence-electron chi connectivity index (χ1n) is 50.9. The minimum atomic E-state index is -1.13. The van der Waals surface area contributed by atoms with Gasteiger partial charge in [0.2, 0.25) is 41.4 Å². The van der Waals surface area contributed by atoms with Crippen molar-refractivity contribution in [1.82, 2.24) is 56.0 Å². The van der Waals surface area contributed by atoms with Crippen molar-refractivity contribution in [3.8, 4) is 0 Å². The molecule has 8 N–H and O–H groups in total. The average Bonchev–Trinajstić information content (AvgIpc) is 0.802. The molecule has 5 fully saturated rings. The van der Waals surface area contributed by atoms with Gasteiger partial charge in [-0.1, -0.05) is 148 Å². The first kappa shape index (κ1) is 130. The van der Waals surface area contributed by atoms with Gasteiger partial charge in [0.05, 0.1) is 30.7 Å². The number of nitrogens with one attached hydrogen (secondary N) is 5. The third kappa shape index (κ3) is 47.3. The van der Waals surface area contributed by atoms with Gasteiger partial charge in [0.15, 0.2) is 0 Å². The van der Waals surface area contributed by atoms with Crippen LogP contribution in [-0.2, 0) is 90.8 Å². The number of carboxylic acid groups (broad SMARTS) is 3. The Bertz CT molecular complexity index is 4230. The van der Waals surface area contributed by atoms with Crippen LogP contribution in [0, 0.1) is 39.9 Å². The molecule has 36 nitrogen and oxygen atoms in total. The lowest BCUT2D eigenvalue weighted by molar-refractivity contribution is -0.160. The van der Waals surface area contributed by atoms with Crippen LogP contribution in [0.2, 0.25) is 0 Å². The molecule has 0 radical (unpaired) electrons. The van der Waals surface area contributed by atoms with Gasteiger partial charge in [0.25, 0.3) is 0 Å². The van der Waals surface area contributed by atoms with Gasteiger partial charge in [-0.15, -0.1) is 0 Å². The Morgan fingerprint density at radius 1 is 0.387 bits per heavy atom. The molecule has 0 aromatic carbocycles. The maximum atomic E-state index is 14.2. The van der Waals surface area contributed by atoms with E-state index in [1.807, 2.05) is 104 Å². The standard InChI is InChI=1S/C39H68N4O9.C28H49N3O6.C26H45N3O6.C7H12O2.C6H11NO2/c1-24(2)28(23-25(3)31(45)40-26(34(48)51-38(10,11)12)20-21-29(44)50-37(7,8)9)42(16)33(47)30(36(4,5)6)41-32(46)27-19-17-18-22-43(27)35(49)52-39(13,14)15;1-12-36-25(34)19(4)17-21(18(2)3)30(11)24(33)22(27(5,6)7)29-23(32)20-15-13-14-16-31(20)26(35)37-28(8,9)10;1-16(2)19(15-17(3)23(32)33)28(10)22(31)20(25(4,5)6)27-21(30)18-13-11-12-14-29(18)24(34)35-26(7,8)9;8-7(9)6-4-2-1-3-5-6;8-6(9)5-3-1-2-4-7-5/h23-24,26-28,30H,17-22H2,1-16H3,(H,40,45)(H,41,46);17-18,20-22H,12-16H2,1-11H3,(H,29,32);15-16,18-20H,11-14H2,1-10H3,(H,27,30)(H,32,33);6H,1-5H2,(H,8,9);5,7H,1-4H2,(H,8,9)/b25-23+;19-17+;17-15+;;/t26-,27-,28-,30-;20-,21-,22-;18-,19-,20-;;5-/m111.1/s1. The molecule has 1 aliphatic carbocycles. The highest BCUT2D eigenvalue weighted by molar-refractivity contribution is 5.97. The van der Waals surface area contributed by atoms with Crippen molar-refractivity contribution in [2.75, 3.05) is 53.9 Å². The highest BCUT2D eigenvalue weighted by atomic mass is 16.6. The van der Waals surface area contributed by atoms with E-state index < -0.39 is 170 Å². The van der Waals surface area contributed by atoms with Crippen molar-refractivity contribution >= 4 is 95.4 Å². The minimum Gasteiger partial charge on any atom is -0.481 e. The summed E-state index contributed by atoms with van der Waals surface area (Å²) in [6, 6.07) is -7.72. The van der Waals surface area contributed by atoms with E-state index in [2.05, 4.69) is 26.6 Å². The topological polar surface area (TPSA) is 469 Å². The molecule has 10 amide bonds. The molecule has 4 aliphatic heterocycles. The maximum Gasteiger partial charge on any atom is 0.410 e. The Labute approximate surface area is 848 Å². The average molecular weight is 2010 g/mol. The van der Waals surface area contributed by atoms with Crippen molar-refractivity contribution in [2.45, 2.75) is 452 Å². The smallest absolute Gasteiger partial charge is 0.410 e. The van der Waals surface area contributed by atoms with Gasteiger partial charge in [-0.25, -0.2) is 28.8 Å². The number of esters is 3. The van der Waals surface area contributed by atoms with Gasteiger partial charge in [-0.05, 0) is 262 Å². The summed E-state index contributed by atoms with van der Waals surface area (Å²) in [7, 11) is 4.93. The number of carboxylic acids is 3. The predicted molar refractivity (Wildman–Crippen MR) is 546 cm³/mol. The van der Waals surface area contributed by atoms with E-state index in [0.29, 0.717) is 44.5 Å². The van der Waals surface area contributed by atoms with E-state index in [1.54, 1.807) is 169 Å². The number of hydrogen-bond acceptors (Lipinski definition) is 23. The van der Waals surface area contributed by atoms with Crippen LogP contribution in [0.5, 0.6) is 0 Å². The molecular formula is C106H185N11O25. The fourth-order valence-electron chi connectivity index (χ4n) is 16.4. The first-order chi connectivity index (χ1) is 64.8. The summed E-state index contributed by atoms with van der Waals surface area (Å²) in [4.78, 5) is 213. The van der Waals surface area contributed by atoms with E-state index in [-0.39, 0.29) is 90.0 Å². The second kappa shape index (κ2) is 57.7. The fraction of sp³-hybridized carbons (Fsp3) is 0.792. The van der Waals surface area contributed by atoms with Crippen molar-refractivity contribution < 1.29 is 120 Å². The maximum absolute atomic E-state index is 14.2. The van der Waals surface area contributed by atoms with Crippen LogP contribution >= 0.6 is 0 Å². The minimum absolute atomic E-state index is 0.00986. The van der Waals surface area contributed by atoms with Crippen molar-refractivity contribution in [2.24, 2.45) is 39.9 Å². The number of likely N-dealkylation sites (tertiary alicyclic amines) is 3. The van der Waals surface area contributed by atoms with E-state index >= 15 is 0 Å². The normalized spacial score (nSPS) is 19.2. The summed E-state index contributed by atoms with van der Waals surface area (Å²) in [6.07, 6.45) is 17.5. The number of aliphatic carboxylic acids is 3. The molecule has 36 heteroatoms. The molecule has 814 valence electrons. The summed E-state index contributed by atoms with van der Waals surface area (Å²) < 4.78 is 32.6. The fourth-order valence-corrected chi connectivity index (χ4v) is 16.4. The molecule has 4 saturated heterocycles. The molecule has 0 spiro atoms. The summed E-state index contributed by atoms with van der Waals surface area (Å²) in [5.74, 6) is -6.91. The Morgan fingerprint density at radius 3 is 0.958 bits per heavy atom. The molecule has 5 aliphatic rings. The number of carbonyl (C=O) groups excluding carboxylic acids is 13. The summed E-state index contributed by atoms with van der Waals surface area (Å²) >= 11 is 0. The SMILES string of the molecule is C/C(=C\[C@H](C(C)C)N(C)C(=O)[C@@H](NC(=O)[C@H]1CCCCN1C(=O)OC(C)(C)C)C(C)(C)C)C(=O)N[C@H](CCC(=O)OC(C)(C)C)C(=O)OC(C)(C)C.C/C(=C\[C@H](C(C)C)N(C)C(=O)[C@@H](NC(=O)[C@H]1CCCCN1C(=O)OC(C)(C)C)C(C)(C)C)C(=O)O.CCOC(=O)/C(C)=C/[C@H](C(C)C)N(C)C(=O)[C@@H](NC(=O)[C@H]1CCCCN1C(=O)OC(C)(C)C)C(C)(C)C.O=C(O)C1CCCCC1.O=C(O)[C@H]1CCCCN1. The first-order valence-corrected chi connectivity index (χ1v) is 50.9. The zero-order valence-electron chi connectivity index (χ0n) is 93.4. The van der Waals surface area contributed by atoms with Gasteiger partial charge in [0.1, 0.15) is 76.3 Å². The number of likely N-dealkylation sites (N-methyl/N-ethyl adjacent to an activating group) is 3. The molecule has 4 heterocycles. The number of nitrogens with zero attached hydrogens (tertiary/aromatic N) is 6. The molecule has 0 unspecified atom stereocenters. The van der Waals surface area contributed by atoms with Gasteiger partial charge >= 0.3 is 54.1 Å². The molecular weight excluding hydrogens is 1830 g/mol. The van der Waals surface area contributed by atoms with Crippen molar-refractivity contribution in [3.05, 3.63) is 34.9 Å². The molecule has 142 heavy (non-hydrogen) atoms. The van der Waals surface area contributed by atoms with Gasteiger partial charge in [-0.3, -0.25) is 62.6 Å². The largest absolute Gasteiger partial charge is 0.481 e. The molecule has 0 aromatic rings. The number of rotatable bonds is 29. The van der Waals surface area contributed by atoms with Crippen molar-refractivity contribution in [3.63, 3.8) is 0 Å². The van der Waals surface area contributed by atoms with Crippen LogP contribution < -0.4 is 26.6 Å². The van der Waals surface area contributed by atoms with Crippen LogP contribution in [-0.4, -0.2) is 289 Å². The number of carbonyl (C=O) groups is 16. The Morgan fingerprint density at radius 2 is 0.697 bits per heavy atom. The van der Waals surface area contributed by atoms with Crippen molar-refractivity contribution in [1.29, 1.82) is 0 Å². The molecule has 1 saturated carbocycles. The third-order valence-corrected chi connectivity index (χ3v) is 24.1. The monoisotopic (exact) mass is 2010 g/mol. The zero-order valence-corrected chi connectivity index (χ0v) is 93.4. The van der Waals surface area contributed by atoms with Crippen LogP contribution in [0.25, 0.3) is 0 Å². The number of amides is 10. The zero-order chi connectivity index (χ0) is 110. The Balaban J connectivity index is 0.000000989. The number of hydrogen-bond donors (Lipinski definition) is 8. The van der Waals surface area contributed by atoms with Gasteiger partial charge < -0.3 is 85.0 Å². The highest BCUT2D eigenvalue weighted by Crippen LogP contribution is 2.33. The number of ether oxygens (including phenoxy) is 6. The molecule has 0 bridgehead atoms. The Hall–Kier alpha value is -9.90. The van der Waals surface area contributed by atoms with Crippen LogP contribution in [0.15, 0.2) is 34.9 Å². The van der Waals surface area contributed by atoms with E-state index in [1.165, 1.54) is 37.8 Å². The second-order valence-corrected chi connectivity index (χ2v) is 47.3. The summed E-state index contributed by atoms with van der Waals surface area (Å²) in [5.41, 5.74) is -4.75. The quantitative estimate of drug-likeness (QED) is 0.0196. The predicted octanol–water partition coefficient (Wildman–Crippen LogP) is 15.7. The van der Waals surface area contributed by atoms with Crippen LogP contribution in [0.4, 0.5) is 14.4 Å². The number of piperidine rings is 4. The lowest BCUT2D eigenvalue weighted by atomic mass is 9.84. The molecule has 5 rings (SSSR count). The lowest BCUT2D eigenvalue weighted by Gasteiger charge is -2.40. The van der Waals surface area contributed by atoms with Gasteiger partial charge in [0, 0.05) is 63.9 Å². The summed E-state index contributed by atoms with van der Waals surface area (Å²) in [5, 5.41) is 40.8. The second-order valence-electron chi connectivity index (χ2n) is 47.3. The third-order valence-electron chi connectivity index (χ3n) is 24.1. The van der Waals surface area contributed by atoms with E-state index in [9.17, 15) is 81.8 Å². The van der Waals surface area contributed by atoms with Crippen LogP contribution in [0.3, 0.4) is 0 Å². The van der Waals surface area contributed by atoms with E-state index in [4.69, 9.17) is 38.6 Å². The van der Waals surface area contributed by atoms with Gasteiger partial charge in [-0.2, -0.15) is 0 Å². The lowest BCUT2D eigenvalue weighted by Crippen LogP contribution is -2.60. The molecule has 0 aromatic heterocycles. The highest BCUT2D eigenvalue weighted by Gasteiger charge is 2.47. The Kier molecular flexibility index (Phi) is 52.9. The molecule has 11 atom stereocenters. The summed E-state index contributed by atoms with van der Waals surface area (Å²) in [6.45, 7) is 63.6. The van der Waals surface area contributed by atoms with E-state index in [0.717, 1.165) is 90.0 Å². The van der Waals surface area contributed by atoms with Crippen LogP contribution in [0.1, 0.15) is 357 Å².